The van der Waals surface area contributed by atoms with E-state index in [1.807, 2.05) is 12.1 Å². The van der Waals surface area contributed by atoms with Gasteiger partial charge in [0.25, 0.3) is 0 Å². The van der Waals surface area contributed by atoms with E-state index in [1.54, 1.807) is 23.9 Å². The van der Waals surface area contributed by atoms with Crippen LogP contribution in [0.25, 0.3) is 0 Å². The highest BCUT2D eigenvalue weighted by Gasteiger charge is 2.07. The van der Waals surface area contributed by atoms with Gasteiger partial charge < -0.3 is 5.11 Å². The lowest BCUT2D eigenvalue weighted by Crippen LogP contribution is -2.22. The highest BCUT2D eigenvalue weighted by molar-refractivity contribution is 7.99. The maximum absolute atomic E-state index is 9.34. The zero-order valence-corrected chi connectivity index (χ0v) is 14.1. The summed E-state index contributed by atoms with van der Waals surface area (Å²) in [5, 5.41) is 9.34. The standard InChI is InChI=1S/C17H21NOS.ClH/c1-3-18(4-2)13-14-7-5-6-8-17(14)20-16-11-9-15(19)10-12-16;/h5-12,19H,3-4,13H2,1-2H3;1H. The normalized spacial score (nSPS) is 10.4. The summed E-state index contributed by atoms with van der Waals surface area (Å²) in [6, 6.07) is 15.9. The maximum atomic E-state index is 9.34. The van der Waals surface area contributed by atoms with Crippen molar-refractivity contribution in [1.29, 1.82) is 0 Å². The van der Waals surface area contributed by atoms with Crippen LogP contribution >= 0.6 is 24.2 Å². The Morgan fingerprint density at radius 2 is 1.57 bits per heavy atom. The summed E-state index contributed by atoms with van der Waals surface area (Å²) in [5.41, 5.74) is 1.36. The van der Waals surface area contributed by atoms with E-state index in [4.69, 9.17) is 0 Å². The minimum atomic E-state index is 0. The molecule has 2 nitrogen and oxygen atoms in total. The Labute approximate surface area is 137 Å². The van der Waals surface area contributed by atoms with Gasteiger partial charge in [-0.15, -0.1) is 12.4 Å². The summed E-state index contributed by atoms with van der Waals surface area (Å²) in [6.07, 6.45) is 0. The molecule has 0 aromatic heterocycles. The molecule has 0 amide bonds. The number of rotatable bonds is 6. The Morgan fingerprint density at radius 3 is 2.19 bits per heavy atom. The minimum absolute atomic E-state index is 0. The molecule has 0 unspecified atom stereocenters. The molecule has 114 valence electrons. The fourth-order valence-electron chi connectivity index (χ4n) is 2.06. The van der Waals surface area contributed by atoms with Crippen LogP contribution in [0.2, 0.25) is 0 Å². The maximum Gasteiger partial charge on any atom is 0.115 e. The van der Waals surface area contributed by atoms with E-state index in [0.717, 1.165) is 24.5 Å². The summed E-state index contributed by atoms with van der Waals surface area (Å²) in [5.74, 6) is 0.311. The van der Waals surface area contributed by atoms with Gasteiger partial charge in [0, 0.05) is 16.3 Å². The van der Waals surface area contributed by atoms with Gasteiger partial charge >= 0.3 is 0 Å². The first-order valence-electron chi connectivity index (χ1n) is 7.00. The predicted molar refractivity (Wildman–Crippen MR) is 92.5 cm³/mol. The van der Waals surface area contributed by atoms with Gasteiger partial charge in [-0.05, 0) is 49.0 Å². The monoisotopic (exact) mass is 323 g/mol. The van der Waals surface area contributed by atoms with Crippen molar-refractivity contribution >= 4 is 24.2 Å². The van der Waals surface area contributed by atoms with E-state index in [9.17, 15) is 5.11 Å². The number of nitrogens with zero attached hydrogens (tertiary/aromatic N) is 1. The number of hydrogen-bond donors (Lipinski definition) is 1. The molecule has 2 aromatic rings. The van der Waals surface area contributed by atoms with E-state index in [0.29, 0.717) is 5.75 Å². The molecule has 0 radical (unpaired) electrons. The molecule has 21 heavy (non-hydrogen) atoms. The van der Waals surface area contributed by atoms with Crippen LogP contribution in [0.3, 0.4) is 0 Å². The SMILES string of the molecule is CCN(CC)Cc1ccccc1Sc1ccc(O)cc1.Cl. The van der Waals surface area contributed by atoms with Gasteiger partial charge in [-0.1, -0.05) is 43.8 Å². The van der Waals surface area contributed by atoms with Crippen molar-refractivity contribution in [1.82, 2.24) is 4.90 Å². The molecule has 2 rings (SSSR count). The van der Waals surface area contributed by atoms with Crippen LogP contribution in [0.5, 0.6) is 5.75 Å². The van der Waals surface area contributed by atoms with E-state index in [-0.39, 0.29) is 12.4 Å². The van der Waals surface area contributed by atoms with Crippen LogP contribution in [-0.2, 0) is 6.54 Å². The minimum Gasteiger partial charge on any atom is -0.508 e. The zero-order valence-electron chi connectivity index (χ0n) is 12.5. The third-order valence-corrected chi connectivity index (χ3v) is 4.45. The number of halogens is 1. The molecule has 0 spiro atoms. The number of hydrogen-bond acceptors (Lipinski definition) is 3. The Hall–Kier alpha value is -1.16. The summed E-state index contributed by atoms with van der Waals surface area (Å²) in [7, 11) is 0. The van der Waals surface area contributed by atoms with E-state index < -0.39 is 0 Å². The quantitative estimate of drug-likeness (QED) is 0.825. The zero-order chi connectivity index (χ0) is 14.4. The molecule has 0 aliphatic rings. The molecular weight excluding hydrogens is 302 g/mol. The Morgan fingerprint density at radius 1 is 0.952 bits per heavy atom. The summed E-state index contributed by atoms with van der Waals surface area (Å²) in [4.78, 5) is 4.84. The average Bonchev–Trinajstić information content (AvgIpc) is 2.48. The van der Waals surface area contributed by atoms with Crippen LogP contribution in [0.15, 0.2) is 58.3 Å². The van der Waals surface area contributed by atoms with Gasteiger partial charge in [-0.25, -0.2) is 0 Å². The summed E-state index contributed by atoms with van der Waals surface area (Å²) in [6.45, 7) is 7.50. The van der Waals surface area contributed by atoms with Crippen molar-refractivity contribution in [2.45, 2.75) is 30.2 Å². The second kappa shape index (κ2) is 8.98. The number of phenols is 1. The van der Waals surface area contributed by atoms with Crippen molar-refractivity contribution < 1.29 is 5.11 Å². The Bertz CT molecular complexity index is 541. The lowest BCUT2D eigenvalue weighted by molar-refractivity contribution is 0.294. The van der Waals surface area contributed by atoms with Gasteiger partial charge in [-0.3, -0.25) is 4.90 Å². The molecule has 0 aliphatic carbocycles. The fraction of sp³-hybridized carbons (Fsp3) is 0.294. The molecule has 0 bridgehead atoms. The fourth-order valence-corrected chi connectivity index (χ4v) is 3.00. The Kier molecular flexibility index (Phi) is 7.65. The molecule has 0 atom stereocenters. The highest BCUT2D eigenvalue weighted by atomic mass is 35.5. The third-order valence-electron chi connectivity index (χ3n) is 3.33. The van der Waals surface area contributed by atoms with Crippen molar-refractivity contribution in [3.8, 4) is 5.75 Å². The van der Waals surface area contributed by atoms with Crippen LogP contribution in [0.4, 0.5) is 0 Å². The van der Waals surface area contributed by atoms with Crippen molar-refractivity contribution in [3.05, 3.63) is 54.1 Å². The molecule has 0 fully saturated rings. The van der Waals surface area contributed by atoms with Crippen molar-refractivity contribution in [3.63, 3.8) is 0 Å². The van der Waals surface area contributed by atoms with Crippen LogP contribution in [-0.4, -0.2) is 23.1 Å². The molecule has 4 heteroatoms. The largest absolute Gasteiger partial charge is 0.508 e. The first kappa shape index (κ1) is 17.9. The van der Waals surface area contributed by atoms with Gasteiger partial charge in [0.1, 0.15) is 5.75 Å². The number of aromatic hydroxyl groups is 1. The van der Waals surface area contributed by atoms with E-state index in [1.165, 1.54) is 10.5 Å². The molecular formula is C17H22ClNOS. The third kappa shape index (κ3) is 5.27. The molecule has 0 saturated carbocycles. The average molecular weight is 324 g/mol. The molecule has 0 heterocycles. The van der Waals surface area contributed by atoms with Gasteiger partial charge in [0.15, 0.2) is 0 Å². The van der Waals surface area contributed by atoms with Gasteiger partial charge in [0.2, 0.25) is 0 Å². The molecule has 1 N–H and O–H groups in total. The van der Waals surface area contributed by atoms with Crippen LogP contribution in [0.1, 0.15) is 19.4 Å². The van der Waals surface area contributed by atoms with E-state index in [2.05, 4.69) is 43.0 Å². The summed E-state index contributed by atoms with van der Waals surface area (Å²) >= 11 is 1.75. The molecule has 0 saturated heterocycles. The van der Waals surface area contributed by atoms with Crippen molar-refractivity contribution in [2.24, 2.45) is 0 Å². The number of benzene rings is 2. The molecule has 0 aliphatic heterocycles. The lowest BCUT2D eigenvalue weighted by Gasteiger charge is -2.19. The second-order valence-corrected chi connectivity index (χ2v) is 5.78. The first-order valence-corrected chi connectivity index (χ1v) is 7.81. The highest BCUT2D eigenvalue weighted by Crippen LogP contribution is 2.31. The van der Waals surface area contributed by atoms with Crippen LogP contribution in [0, 0.1) is 0 Å². The second-order valence-electron chi connectivity index (χ2n) is 4.67. The number of phenolic OH excluding ortho intramolecular Hbond substituents is 1. The smallest absolute Gasteiger partial charge is 0.115 e. The topological polar surface area (TPSA) is 23.5 Å². The summed E-state index contributed by atoms with van der Waals surface area (Å²) < 4.78 is 0. The first-order chi connectivity index (χ1) is 9.72. The van der Waals surface area contributed by atoms with Crippen LogP contribution < -0.4 is 0 Å². The van der Waals surface area contributed by atoms with Gasteiger partial charge in [0.05, 0.1) is 0 Å². The lowest BCUT2D eigenvalue weighted by atomic mass is 10.2. The van der Waals surface area contributed by atoms with E-state index >= 15 is 0 Å². The van der Waals surface area contributed by atoms with Gasteiger partial charge in [-0.2, -0.15) is 0 Å². The molecule has 2 aromatic carbocycles. The van der Waals surface area contributed by atoms with Crippen molar-refractivity contribution in [2.75, 3.05) is 13.1 Å². The Balaban J connectivity index is 0.00000220. The predicted octanol–water partition coefficient (Wildman–Crippen LogP) is 4.81.